The van der Waals surface area contributed by atoms with Gasteiger partial charge >= 0.3 is 0 Å². The summed E-state index contributed by atoms with van der Waals surface area (Å²) in [6.07, 6.45) is 7.61. The van der Waals surface area contributed by atoms with Gasteiger partial charge in [0.15, 0.2) is 4.21 Å². The van der Waals surface area contributed by atoms with Gasteiger partial charge in [-0.25, -0.2) is 13.1 Å². The maximum absolute atomic E-state index is 13.3. The number of rotatable bonds is 12. The lowest BCUT2D eigenvalue weighted by Gasteiger charge is -2.33. The molecule has 210 valence electrons. The zero-order valence-corrected chi connectivity index (χ0v) is 24.1. The highest BCUT2D eigenvalue weighted by atomic mass is 35.5. The van der Waals surface area contributed by atoms with Gasteiger partial charge in [-0.05, 0) is 36.8 Å². The molecule has 2 aliphatic carbocycles. The summed E-state index contributed by atoms with van der Waals surface area (Å²) in [6, 6.07) is 8.86. The van der Waals surface area contributed by atoms with E-state index in [0.29, 0.717) is 42.4 Å². The topological polar surface area (TPSA) is 125 Å². The minimum absolute atomic E-state index is 0.0285. The van der Waals surface area contributed by atoms with Crippen molar-refractivity contribution in [1.82, 2.24) is 15.4 Å². The Morgan fingerprint density at radius 1 is 1.11 bits per heavy atom. The first-order chi connectivity index (χ1) is 18.1. The van der Waals surface area contributed by atoms with Crippen molar-refractivity contribution in [3.8, 4) is 0 Å². The number of aliphatic hydroxyl groups excluding tert-OH is 1. The highest BCUT2D eigenvalue weighted by Crippen LogP contribution is 2.45. The average molecular weight is 584 g/mol. The third-order valence-corrected chi connectivity index (χ3v) is 10.2. The van der Waals surface area contributed by atoms with E-state index in [1.165, 1.54) is 26.2 Å². The molecular weight excluding hydrogens is 546 g/mol. The molecule has 2 aliphatic rings. The van der Waals surface area contributed by atoms with Crippen molar-refractivity contribution in [2.24, 2.45) is 11.8 Å². The summed E-state index contributed by atoms with van der Waals surface area (Å²) in [7, 11) is -4.42. The number of hydrogen-bond acceptors (Lipinski definition) is 7. The SMILES string of the molecule is C[C@H](O)C(=O)NS(=O)(=O)C1(Cl)CC(CNCCNC(=O)[C@@H](CS)C2CCCCC2)=CC=C1c1ccccc1. The van der Waals surface area contributed by atoms with E-state index in [9.17, 15) is 23.1 Å². The normalized spacial score (nSPS) is 22.1. The van der Waals surface area contributed by atoms with E-state index in [1.54, 1.807) is 30.3 Å². The van der Waals surface area contributed by atoms with Gasteiger partial charge < -0.3 is 15.7 Å². The largest absolute Gasteiger partial charge is 0.384 e. The van der Waals surface area contributed by atoms with Crippen molar-refractivity contribution in [1.29, 1.82) is 0 Å². The summed E-state index contributed by atoms with van der Waals surface area (Å²) in [5.74, 6) is -0.179. The second-order valence-electron chi connectivity index (χ2n) is 9.98. The Labute approximate surface area is 236 Å². The zero-order chi connectivity index (χ0) is 27.8. The Kier molecular flexibility index (Phi) is 11.3. The number of aliphatic hydroxyl groups is 1. The molecule has 0 saturated heterocycles. The number of allylic oxidation sites excluding steroid dienone is 2. The fourth-order valence-electron chi connectivity index (χ4n) is 5.00. The molecule has 4 N–H and O–H groups in total. The van der Waals surface area contributed by atoms with Crippen LogP contribution >= 0.6 is 24.2 Å². The Morgan fingerprint density at radius 2 is 1.79 bits per heavy atom. The second kappa shape index (κ2) is 14.0. The van der Waals surface area contributed by atoms with Gasteiger partial charge in [0.1, 0.15) is 6.10 Å². The summed E-state index contributed by atoms with van der Waals surface area (Å²) in [6.45, 7) is 2.45. The number of carbonyl (C=O) groups is 2. The van der Waals surface area contributed by atoms with Crippen molar-refractivity contribution in [3.63, 3.8) is 0 Å². The first-order valence-electron chi connectivity index (χ1n) is 13.1. The number of halogens is 1. The lowest BCUT2D eigenvalue weighted by atomic mass is 9.80. The molecule has 1 aromatic carbocycles. The number of nitrogens with one attached hydrogen (secondary N) is 3. The predicted octanol–water partition coefficient (Wildman–Crippen LogP) is 2.99. The maximum Gasteiger partial charge on any atom is 0.262 e. The molecule has 11 heteroatoms. The Bertz CT molecular complexity index is 1130. The maximum atomic E-state index is 13.3. The fourth-order valence-corrected chi connectivity index (χ4v) is 7.37. The van der Waals surface area contributed by atoms with Crippen LogP contribution in [-0.2, 0) is 19.6 Å². The Hall–Kier alpha value is -1.85. The highest BCUT2D eigenvalue weighted by Gasteiger charge is 2.48. The first-order valence-corrected chi connectivity index (χ1v) is 15.6. The van der Waals surface area contributed by atoms with Crippen molar-refractivity contribution in [2.45, 2.75) is 55.8 Å². The molecule has 0 spiro atoms. The van der Waals surface area contributed by atoms with Gasteiger partial charge in [0, 0.05) is 37.7 Å². The van der Waals surface area contributed by atoms with Crippen LogP contribution in [0.15, 0.2) is 48.1 Å². The number of amides is 2. The highest BCUT2D eigenvalue weighted by molar-refractivity contribution is 7.93. The zero-order valence-electron chi connectivity index (χ0n) is 21.7. The second-order valence-corrected chi connectivity index (χ2v) is 13.1. The third kappa shape index (κ3) is 7.63. The van der Waals surface area contributed by atoms with Crippen LogP contribution in [0.4, 0.5) is 0 Å². The summed E-state index contributed by atoms with van der Waals surface area (Å²) in [5, 5.41) is 15.8. The smallest absolute Gasteiger partial charge is 0.262 e. The molecule has 3 rings (SSSR count). The molecule has 38 heavy (non-hydrogen) atoms. The van der Waals surface area contributed by atoms with Gasteiger partial charge in [-0.1, -0.05) is 78.9 Å². The van der Waals surface area contributed by atoms with Gasteiger partial charge in [-0.15, -0.1) is 0 Å². The molecule has 3 atom stereocenters. The fraction of sp³-hybridized carbons (Fsp3) is 0.556. The quantitative estimate of drug-likeness (QED) is 0.146. The number of hydrogen-bond donors (Lipinski definition) is 5. The van der Waals surface area contributed by atoms with Crippen molar-refractivity contribution in [3.05, 3.63) is 53.6 Å². The van der Waals surface area contributed by atoms with E-state index in [0.717, 1.165) is 18.4 Å². The molecule has 1 saturated carbocycles. The predicted molar refractivity (Wildman–Crippen MR) is 154 cm³/mol. The van der Waals surface area contributed by atoms with Crippen LogP contribution in [0.2, 0.25) is 0 Å². The molecular formula is C27H38ClN3O5S2. The number of alkyl halides is 1. The standard InChI is InChI=1S/C27H38ClN3O5S2/c1-19(32)25(33)31-38(35,36)27(28)16-20(12-13-24(27)22-10-6-3-7-11-22)17-29-14-15-30-26(34)23(18-37)21-8-4-2-5-9-21/h3,6-7,10-13,19,21,23,29,32,37H,2,4-5,8-9,14-18H2,1H3,(H,30,34)(H,31,33)/t19-,23-,27?/m0/s1. The molecule has 0 aromatic heterocycles. The van der Waals surface area contributed by atoms with Gasteiger partial charge in [0.05, 0.1) is 0 Å². The molecule has 0 aliphatic heterocycles. The monoisotopic (exact) mass is 583 g/mol. The van der Waals surface area contributed by atoms with Crippen LogP contribution in [0, 0.1) is 11.8 Å². The van der Waals surface area contributed by atoms with E-state index >= 15 is 0 Å². The van der Waals surface area contributed by atoms with Gasteiger partial charge in [-0.2, -0.15) is 12.6 Å². The Morgan fingerprint density at radius 3 is 2.42 bits per heavy atom. The lowest BCUT2D eigenvalue weighted by Crippen LogP contribution is -2.49. The first kappa shape index (κ1) is 30.7. The number of benzene rings is 1. The van der Waals surface area contributed by atoms with Crippen molar-refractivity contribution < 1.29 is 23.1 Å². The van der Waals surface area contributed by atoms with Crippen LogP contribution in [0.25, 0.3) is 5.57 Å². The lowest BCUT2D eigenvalue weighted by molar-refractivity contribution is -0.127. The van der Waals surface area contributed by atoms with Crippen LogP contribution in [0.3, 0.4) is 0 Å². The van der Waals surface area contributed by atoms with Crippen LogP contribution in [0.1, 0.15) is 51.0 Å². The summed E-state index contributed by atoms with van der Waals surface area (Å²) >= 11 is 11.2. The van der Waals surface area contributed by atoms with Crippen LogP contribution in [0.5, 0.6) is 0 Å². The summed E-state index contributed by atoms with van der Waals surface area (Å²) in [4.78, 5) is 24.8. The van der Waals surface area contributed by atoms with Crippen molar-refractivity contribution in [2.75, 3.05) is 25.4 Å². The van der Waals surface area contributed by atoms with Crippen LogP contribution in [-0.4, -0.2) is 61.0 Å². The van der Waals surface area contributed by atoms with Gasteiger partial charge in [0.2, 0.25) is 5.91 Å². The molecule has 8 nitrogen and oxygen atoms in total. The van der Waals surface area contributed by atoms with Gasteiger partial charge in [-0.3, -0.25) is 9.59 Å². The van der Waals surface area contributed by atoms with E-state index in [4.69, 9.17) is 11.6 Å². The van der Waals surface area contributed by atoms with E-state index < -0.39 is 26.2 Å². The van der Waals surface area contributed by atoms with Crippen LogP contribution < -0.4 is 15.4 Å². The Balaban J connectivity index is 1.63. The number of thiol groups is 1. The van der Waals surface area contributed by atoms with Gasteiger partial charge in [0.25, 0.3) is 15.9 Å². The summed E-state index contributed by atoms with van der Waals surface area (Å²) < 4.78 is 26.6. The molecule has 1 unspecified atom stereocenters. The summed E-state index contributed by atoms with van der Waals surface area (Å²) in [5.41, 5.74) is 1.67. The number of sulfonamides is 1. The molecule has 0 bridgehead atoms. The molecule has 1 fully saturated rings. The molecule has 0 heterocycles. The van der Waals surface area contributed by atoms with E-state index in [2.05, 4.69) is 23.3 Å². The minimum Gasteiger partial charge on any atom is -0.384 e. The van der Waals surface area contributed by atoms with E-state index in [1.807, 2.05) is 16.9 Å². The molecule has 1 aromatic rings. The molecule has 0 radical (unpaired) electrons. The average Bonchev–Trinajstić information content (AvgIpc) is 2.89. The minimum atomic E-state index is -4.42. The third-order valence-electron chi connectivity index (χ3n) is 7.17. The molecule has 2 amide bonds. The number of carbonyl (C=O) groups excluding carboxylic acids is 2. The van der Waals surface area contributed by atoms with Crippen molar-refractivity contribution >= 4 is 51.6 Å². The van der Waals surface area contributed by atoms with E-state index in [-0.39, 0.29) is 18.2 Å².